The van der Waals surface area contributed by atoms with Crippen molar-refractivity contribution in [2.24, 2.45) is 0 Å². The second kappa shape index (κ2) is 10.3. The van der Waals surface area contributed by atoms with Crippen molar-refractivity contribution in [1.82, 2.24) is 19.3 Å². The number of carbonyl (C=O) groups excluding carboxylic acids is 1. The maximum atomic E-state index is 12.8. The molecule has 1 amide bonds. The third-order valence-corrected chi connectivity index (χ3v) is 8.24. The summed E-state index contributed by atoms with van der Waals surface area (Å²) in [6, 6.07) is 15.6. The highest BCUT2D eigenvalue weighted by atomic mass is 32.1. The van der Waals surface area contributed by atoms with E-state index >= 15 is 0 Å². The van der Waals surface area contributed by atoms with Gasteiger partial charge in [0.2, 0.25) is 0 Å². The van der Waals surface area contributed by atoms with Crippen LogP contribution in [-0.4, -0.2) is 45.3 Å². The number of thiazole rings is 1. The number of nitrogens with one attached hydrogen (secondary N) is 3. The Morgan fingerprint density at radius 1 is 1.05 bits per heavy atom. The topological polar surface area (TPSA) is 86.6 Å². The molecule has 0 unspecified atom stereocenters. The lowest BCUT2D eigenvalue weighted by molar-refractivity contribution is 0.103. The van der Waals surface area contributed by atoms with Gasteiger partial charge in [0.05, 0.1) is 33.1 Å². The van der Waals surface area contributed by atoms with Gasteiger partial charge in [-0.25, -0.2) is 9.97 Å². The van der Waals surface area contributed by atoms with Gasteiger partial charge < -0.3 is 16.0 Å². The Hall–Kier alpha value is -3.73. The second-order valence-electron chi connectivity index (χ2n) is 8.93. The van der Waals surface area contributed by atoms with Crippen LogP contribution in [0.1, 0.15) is 28.1 Å². The van der Waals surface area contributed by atoms with E-state index in [0.717, 1.165) is 58.2 Å². The third-order valence-electron chi connectivity index (χ3n) is 6.48. The van der Waals surface area contributed by atoms with Crippen LogP contribution in [0.15, 0.2) is 66.3 Å². The number of pyridine rings is 1. The summed E-state index contributed by atoms with van der Waals surface area (Å²) in [6.07, 6.45) is 6.50. The van der Waals surface area contributed by atoms with Gasteiger partial charge in [-0.05, 0) is 56.3 Å². The molecule has 0 aliphatic carbocycles. The Kier molecular flexibility index (Phi) is 6.60. The maximum absolute atomic E-state index is 12.8. The average Bonchev–Trinajstić information content (AvgIpc) is 3.72. The Labute approximate surface area is 223 Å². The number of hydrogen-bond acceptors (Lipinski definition) is 8. The van der Waals surface area contributed by atoms with Crippen LogP contribution in [0.2, 0.25) is 0 Å². The van der Waals surface area contributed by atoms with Crippen molar-refractivity contribution in [3.63, 3.8) is 0 Å². The fraction of sp³-hybridized carbons (Fsp3) is 0.222. The number of aromatic nitrogens is 3. The number of rotatable bonds is 8. The van der Waals surface area contributed by atoms with Crippen molar-refractivity contribution in [1.29, 1.82) is 0 Å². The van der Waals surface area contributed by atoms with Crippen LogP contribution in [0.25, 0.3) is 17.0 Å². The number of thiophene rings is 1. The number of fused-ring (bicyclic) bond motifs is 1. The van der Waals surface area contributed by atoms with E-state index in [1.807, 2.05) is 61.2 Å². The molecule has 4 aromatic heterocycles. The van der Waals surface area contributed by atoms with Crippen molar-refractivity contribution >= 4 is 55.7 Å². The molecular weight excluding hydrogens is 502 g/mol. The minimum atomic E-state index is -0.143. The minimum absolute atomic E-state index is 0.143. The first-order chi connectivity index (χ1) is 18.2. The molecule has 1 saturated heterocycles. The van der Waals surface area contributed by atoms with Crippen molar-refractivity contribution in [3.05, 3.63) is 76.7 Å². The van der Waals surface area contributed by atoms with Gasteiger partial charge in [-0.15, -0.1) is 22.7 Å². The Morgan fingerprint density at radius 2 is 1.89 bits per heavy atom. The molecule has 1 fully saturated rings. The van der Waals surface area contributed by atoms with Crippen LogP contribution < -0.4 is 16.0 Å². The predicted molar refractivity (Wildman–Crippen MR) is 152 cm³/mol. The van der Waals surface area contributed by atoms with Crippen LogP contribution in [0.4, 0.5) is 21.5 Å². The van der Waals surface area contributed by atoms with Gasteiger partial charge in [-0.2, -0.15) is 0 Å². The maximum Gasteiger partial charge on any atom is 0.265 e. The van der Waals surface area contributed by atoms with E-state index in [1.54, 1.807) is 0 Å². The van der Waals surface area contributed by atoms with Crippen LogP contribution in [0, 0.1) is 0 Å². The van der Waals surface area contributed by atoms with E-state index < -0.39 is 0 Å². The van der Waals surface area contributed by atoms with Gasteiger partial charge in [0.15, 0.2) is 5.13 Å². The molecule has 0 bridgehead atoms. The first-order valence-corrected chi connectivity index (χ1v) is 14.0. The summed E-state index contributed by atoms with van der Waals surface area (Å²) in [5.74, 6) is -0.143. The van der Waals surface area contributed by atoms with Crippen LogP contribution in [-0.2, 0) is 6.54 Å². The number of likely N-dealkylation sites (tertiary alicyclic amines) is 1. The Bertz CT molecular complexity index is 1550. The SMILES string of the molecule is CNc1ccccc1NC(=O)c1ccc(Nc2nc(-c3cnc4c(CN5CCCC5)cccn34)cs2)s1. The van der Waals surface area contributed by atoms with Gasteiger partial charge in [-0.1, -0.05) is 18.2 Å². The molecule has 10 heteroatoms. The van der Waals surface area contributed by atoms with Gasteiger partial charge >= 0.3 is 0 Å². The molecule has 5 heterocycles. The smallest absolute Gasteiger partial charge is 0.265 e. The largest absolute Gasteiger partial charge is 0.386 e. The molecule has 1 aliphatic heterocycles. The van der Waals surface area contributed by atoms with E-state index in [4.69, 9.17) is 9.97 Å². The Morgan fingerprint density at radius 3 is 2.73 bits per heavy atom. The zero-order valence-corrected chi connectivity index (χ0v) is 22.0. The number of imidazole rings is 1. The van der Waals surface area contributed by atoms with Gasteiger partial charge in [0, 0.05) is 30.7 Å². The average molecular weight is 530 g/mol. The summed E-state index contributed by atoms with van der Waals surface area (Å²) in [5.41, 5.74) is 5.69. The predicted octanol–water partition coefficient (Wildman–Crippen LogP) is 6.15. The summed E-state index contributed by atoms with van der Waals surface area (Å²) < 4.78 is 2.13. The number of nitrogens with zero attached hydrogens (tertiary/aromatic N) is 4. The zero-order chi connectivity index (χ0) is 25.2. The van der Waals surface area contributed by atoms with Gasteiger partial charge in [0.25, 0.3) is 5.91 Å². The summed E-state index contributed by atoms with van der Waals surface area (Å²) in [6.45, 7) is 3.25. The van der Waals surface area contributed by atoms with E-state index in [0.29, 0.717) is 4.88 Å². The molecule has 1 aromatic carbocycles. The summed E-state index contributed by atoms with van der Waals surface area (Å²) in [5, 5.41) is 13.1. The molecule has 188 valence electrons. The number of para-hydroxylation sites is 2. The monoisotopic (exact) mass is 529 g/mol. The van der Waals surface area contributed by atoms with Gasteiger partial charge in [0.1, 0.15) is 11.3 Å². The number of amides is 1. The lowest BCUT2D eigenvalue weighted by atomic mass is 10.2. The molecule has 0 radical (unpaired) electrons. The molecule has 0 atom stereocenters. The lowest BCUT2D eigenvalue weighted by Gasteiger charge is -2.15. The van der Waals surface area contributed by atoms with Crippen LogP contribution >= 0.6 is 22.7 Å². The molecule has 0 saturated carbocycles. The zero-order valence-electron chi connectivity index (χ0n) is 20.4. The second-order valence-corrected chi connectivity index (χ2v) is 10.9. The highest BCUT2D eigenvalue weighted by molar-refractivity contribution is 7.19. The molecule has 8 nitrogen and oxygen atoms in total. The number of carbonyl (C=O) groups is 1. The highest BCUT2D eigenvalue weighted by Gasteiger charge is 2.17. The normalized spacial score (nSPS) is 13.8. The molecule has 5 aromatic rings. The van der Waals surface area contributed by atoms with Crippen molar-refractivity contribution in [2.75, 3.05) is 36.1 Å². The standard InChI is InChI=1S/C27H27N7OS2/c1-28-19-8-2-3-9-20(19)30-26(35)23-10-11-24(37-23)32-27-31-21(17-36-27)22-15-29-25-18(7-6-14-34(22)25)16-33-12-4-5-13-33/h2-3,6-11,14-15,17,28H,4-5,12-13,16H2,1H3,(H,30,35)(H,31,32). The Balaban J connectivity index is 1.16. The molecule has 3 N–H and O–H groups in total. The van der Waals surface area contributed by atoms with Crippen molar-refractivity contribution < 1.29 is 4.79 Å². The fourth-order valence-electron chi connectivity index (χ4n) is 4.64. The third kappa shape index (κ3) is 4.95. The van der Waals surface area contributed by atoms with Crippen LogP contribution in [0.3, 0.4) is 0 Å². The first-order valence-electron chi connectivity index (χ1n) is 12.3. The summed E-state index contributed by atoms with van der Waals surface area (Å²) in [7, 11) is 1.83. The van der Waals surface area contributed by atoms with Gasteiger partial charge in [-0.3, -0.25) is 14.1 Å². The van der Waals surface area contributed by atoms with E-state index in [1.165, 1.54) is 41.1 Å². The molecule has 6 rings (SSSR count). The summed E-state index contributed by atoms with van der Waals surface area (Å²) in [4.78, 5) is 25.4. The number of hydrogen-bond donors (Lipinski definition) is 3. The quantitative estimate of drug-likeness (QED) is 0.223. The van der Waals surface area contributed by atoms with Crippen molar-refractivity contribution in [2.45, 2.75) is 19.4 Å². The first kappa shape index (κ1) is 23.7. The number of anilines is 4. The van der Waals surface area contributed by atoms with E-state index in [9.17, 15) is 4.79 Å². The molecule has 1 aliphatic rings. The fourth-order valence-corrected chi connectivity index (χ4v) is 6.22. The lowest BCUT2D eigenvalue weighted by Crippen LogP contribution is -2.18. The minimum Gasteiger partial charge on any atom is -0.386 e. The summed E-state index contributed by atoms with van der Waals surface area (Å²) >= 11 is 2.93. The van der Waals surface area contributed by atoms with E-state index in [2.05, 4.69) is 37.4 Å². The van der Waals surface area contributed by atoms with E-state index in [-0.39, 0.29) is 5.91 Å². The highest BCUT2D eigenvalue weighted by Crippen LogP contribution is 2.32. The number of benzene rings is 1. The molecule has 37 heavy (non-hydrogen) atoms. The molecular formula is C27H27N7OS2. The molecule has 0 spiro atoms. The van der Waals surface area contributed by atoms with Crippen LogP contribution in [0.5, 0.6) is 0 Å². The van der Waals surface area contributed by atoms with Crippen molar-refractivity contribution in [3.8, 4) is 11.4 Å².